The van der Waals surface area contributed by atoms with Gasteiger partial charge in [-0.25, -0.2) is 9.97 Å². The molecule has 2 aromatic carbocycles. The molecule has 0 fully saturated rings. The van der Waals surface area contributed by atoms with Gasteiger partial charge in [-0.1, -0.05) is 49.7 Å². The number of carbonyl (C=O) groups is 2. The minimum Gasteiger partial charge on any atom is -0.368 e. The van der Waals surface area contributed by atoms with Crippen LogP contribution in [0.5, 0.6) is 0 Å². The first-order valence-corrected chi connectivity index (χ1v) is 12.6. The number of nitrogens with zero attached hydrogens (tertiary/aromatic N) is 2. The van der Waals surface area contributed by atoms with Gasteiger partial charge in [-0.15, -0.1) is 0 Å². The second-order valence-electron chi connectivity index (χ2n) is 8.75. The fourth-order valence-corrected chi connectivity index (χ4v) is 3.51. The quantitative estimate of drug-likeness (QED) is 0.203. The summed E-state index contributed by atoms with van der Waals surface area (Å²) in [4.78, 5) is 32.5. The molecule has 2 amide bonds. The SMILES string of the molecule is CC(=O)NCCNc1cc(NCCNC(=O)C=Cc2ccc(C(C)C)cc2)nc(-c2ccc(Cl)cc2)n1. The van der Waals surface area contributed by atoms with E-state index in [9.17, 15) is 9.59 Å². The molecule has 4 N–H and O–H groups in total. The number of benzene rings is 2. The number of halogens is 1. The fourth-order valence-electron chi connectivity index (χ4n) is 3.38. The summed E-state index contributed by atoms with van der Waals surface area (Å²) in [5.41, 5.74) is 3.06. The minimum absolute atomic E-state index is 0.0883. The van der Waals surface area contributed by atoms with Crippen molar-refractivity contribution < 1.29 is 9.59 Å². The molecule has 9 heteroatoms. The van der Waals surface area contributed by atoms with Gasteiger partial charge in [0.1, 0.15) is 11.6 Å². The van der Waals surface area contributed by atoms with Crippen molar-refractivity contribution in [2.45, 2.75) is 26.7 Å². The molecule has 0 aliphatic rings. The molecule has 0 radical (unpaired) electrons. The molecular weight excluding hydrogens is 488 g/mol. The monoisotopic (exact) mass is 520 g/mol. The number of nitrogens with one attached hydrogen (secondary N) is 4. The van der Waals surface area contributed by atoms with E-state index in [0.717, 1.165) is 11.1 Å². The highest BCUT2D eigenvalue weighted by atomic mass is 35.5. The van der Waals surface area contributed by atoms with Gasteiger partial charge >= 0.3 is 0 Å². The van der Waals surface area contributed by atoms with Gasteiger partial charge in [0.2, 0.25) is 11.8 Å². The van der Waals surface area contributed by atoms with Crippen molar-refractivity contribution in [2.24, 2.45) is 0 Å². The van der Waals surface area contributed by atoms with E-state index in [1.165, 1.54) is 18.6 Å². The normalized spacial score (nSPS) is 10.9. The Morgan fingerprint density at radius 2 is 1.46 bits per heavy atom. The molecule has 37 heavy (non-hydrogen) atoms. The standard InChI is InChI=1S/C28H33ClN6O2/c1-19(2)22-7-4-21(5-8-22)6-13-27(37)33-17-16-32-26-18-25(31-15-14-30-20(3)36)34-28(35-26)23-9-11-24(29)12-10-23/h4-13,18-19H,14-17H2,1-3H3,(H,30,36)(H,33,37)(H2,31,32,34,35). The van der Waals surface area contributed by atoms with Gasteiger partial charge < -0.3 is 21.3 Å². The van der Waals surface area contributed by atoms with Crippen LogP contribution in [0, 0.1) is 0 Å². The highest BCUT2D eigenvalue weighted by Gasteiger charge is 2.08. The zero-order chi connectivity index (χ0) is 26.6. The maximum absolute atomic E-state index is 12.2. The predicted octanol–water partition coefficient (Wildman–Crippen LogP) is 4.71. The number of carbonyl (C=O) groups excluding carboxylic acids is 2. The van der Waals surface area contributed by atoms with Crippen molar-refractivity contribution in [3.05, 3.63) is 76.8 Å². The first kappa shape index (κ1) is 27.7. The second kappa shape index (κ2) is 14.0. The lowest BCUT2D eigenvalue weighted by Gasteiger charge is -2.12. The van der Waals surface area contributed by atoms with Crippen molar-refractivity contribution in [2.75, 3.05) is 36.8 Å². The molecule has 0 unspecified atom stereocenters. The van der Waals surface area contributed by atoms with Crippen LogP contribution >= 0.6 is 11.6 Å². The van der Waals surface area contributed by atoms with E-state index in [2.05, 4.69) is 57.2 Å². The smallest absolute Gasteiger partial charge is 0.244 e. The van der Waals surface area contributed by atoms with Gasteiger partial charge in [0.15, 0.2) is 5.82 Å². The van der Waals surface area contributed by atoms with Crippen LogP contribution in [0.2, 0.25) is 5.02 Å². The number of aromatic nitrogens is 2. The van der Waals surface area contributed by atoms with Crippen molar-refractivity contribution in [1.29, 1.82) is 0 Å². The van der Waals surface area contributed by atoms with Crippen LogP contribution in [-0.4, -0.2) is 48.0 Å². The summed E-state index contributed by atoms with van der Waals surface area (Å²) in [5, 5.41) is 12.7. The Bertz CT molecular complexity index is 1210. The molecule has 3 rings (SSSR count). The van der Waals surface area contributed by atoms with Crippen molar-refractivity contribution in [3.8, 4) is 11.4 Å². The highest BCUT2D eigenvalue weighted by Crippen LogP contribution is 2.22. The Morgan fingerprint density at radius 1 is 0.865 bits per heavy atom. The largest absolute Gasteiger partial charge is 0.368 e. The Hall–Kier alpha value is -3.91. The molecule has 0 aliphatic heterocycles. The second-order valence-corrected chi connectivity index (χ2v) is 9.19. The van der Waals surface area contributed by atoms with Crippen molar-refractivity contribution >= 4 is 41.1 Å². The summed E-state index contributed by atoms with van der Waals surface area (Å²) in [6.45, 7) is 7.66. The lowest BCUT2D eigenvalue weighted by atomic mass is 10.0. The fraction of sp³-hybridized carbons (Fsp3) is 0.286. The lowest BCUT2D eigenvalue weighted by Crippen LogP contribution is -2.27. The number of anilines is 2. The molecular formula is C28H33ClN6O2. The van der Waals surface area contributed by atoms with Gasteiger partial charge in [-0.2, -0.15) is 0 Å². The van der Waals surface area contributed by atoms with E-state index in [1.807, 2.05) is 24.3 Å². The Morgan fingerprint density at radius 3 is 2.03 bits per heavy atom. The van der Waals surface area contributed by atoms with Crippen LogP contribution in [0.1, 0.15) is 37.8 Å². The number of amides is 2. The Balaban J connectivity index is 1.56. The van der Waals surface area contributed by atoms with E-state index in [1.54, 1.807) is 24.3 Å². The number of hydrogen-bond donors (Lipinski definition) is 4. The number of rotatable bonds is 12. The molecule has 8 nitrogen and oxygen atoms in total. The number of hydrogen-bond acceptors (Lipinski definition) is 6. The van der Waals surface area contributed by atoms with Crippen molar-refractivity contribution in [3.63, 3.8) is 0 Å². The van der Waals surface area contributed by atoms with E-state index >= 15 is 0 Å². The van der Waals surface area contributed by atoms with Crippen LogP contribution in [0.25, 0.3) is 17.5 Å². The average Bonchev–Trinajstić information content (AvgIpc) is 2.88. The zero-order valence-electron chi connectivity index (χ0n) is 21.3. The predicted molar refractivity (Wildman–Crippen MR) is 151 cm³/mol. The van der Waals surface area contributed by atoms with Crippen LogP contribution in [0.4, 0.5) is 11.6 Å². The molecule has 0 bridgehead atoms. The molecule has 0 spiro atoms. The summed E-state index contributed by atoms with van der Waals surface area (Å²) in [6, 6.07) is 17.2. The maximum atomic E-state index is 12.2. The molecule has 3 aromatic rings. The summed E-state index contributed by atoms with van der Waals surface area (Å²) < 4.78 is 0. The maximum Gasteiger partial charge on any atom is 0.244 e. The lowest BCUT2D eigenvalue weighted by molar-refractivity contribution is -0.119. The van der Waals surface area contributed by atoms with Crippen LogP contribution in [0.15, 0.2) is 60.7 Å². The van der Waals surface area contributed by atoms with E-state index < -0.39 is 0 Å². The zero-order valence-corrected chi connectivity index (χ0v) is 22.1. The molecule has 194 valence electrons. The van der Waals surface area contributed by atoms with E-state index in [0.29, 0.717) is 54.6 Å². The van der Waals surface area contributed by atoms with E-state index in [4.69, 9.17) is 11.6 Å². The summed E-state index contributed by atoms with van der Waals surface area (Å²) in [5.74, 6) is 1.97. The van der Waals surface area contributed by atoms with Crippen LogP contribution in [0.3, 0.4) is 0 Å². The first-order valence-electron chi connectivity index (χ1n) is 12.2. The van der Waals surface area contributed by atoms with Gasteiger partial charge in [-0.05, 0) is 47.4 Å². The third kappa shape index (κ3) is 9.57. The topological polar surface area (TPSA) is 108 Å². The van der Waals surface area contributed by atoms with Gasteiger partial charge in [0, 0.05) is 55.8 Å². The third-order valence-corrected chi connectivity index (χ3v) is 5.65. The molecule has 0 aliphatic carbocycles. The Kier molecular flexibility index (Phi) is 10.5. The summed E-state index contributed by atoms with van der Waals surface area (Å²) >= 11 is 6.02. The van der Waals surface area contributed by atoms with Crippen LogP contribution in [-0.2, 0) is 9.59 Å². The molecule has 0 saturated heterocycles. The van der Waals surface area contributed by atoms with Gasteiger partial charge in [0.25, 0.3) is 0 Å². The van der Waals surface area contributed by atoms with Gasteiger partial charge in [-0.3, -0.25) is 9.59 Å². The third-order valence-electron chi connectivity index (χ3n) is 5.39. The molecule has 1 heterocycles. The van der Waals surface area contributed by atoms with Gasteiger partial charge in [0.05, 0.1) is 0 Å². The summed E-state index contributed by atoms with van der Waals surface area (Å²) in [7, 11) is 0. The van der Waals surface area contributed by atoms with Crippen LogP contribution < -0.4 is 21.3 Å². The first-order chi connectivity index (χ1) is 17.8. The highest BCUT2D eigenvalue weighted by molar-refractivity contribution is 6.30. The molecule has 0 saturated carbocycles. The average molecular weight is 521 g/mol. The molecule has 0 atom stereocenters. The summed E-state index contributed by atoms with van der Waals surface area (Å²) in [6.07, 6.45) is 3.33. The minimum atomic E-state index is -0.167. The molecule has 1 aromatic heterocycles. The van der Waals surface area contributed by atoms with Crippen molar-refractivity contribution in [1.82, 2.24) is 20.6 Å². The van der Waals surface area contributed by atoms with E-state index in [-0.39, 0.29) is 11.8 Å². The Labute approximate surface area is 223 Å².